The van der Waals surface area contributed by atoms with E-state index in [0.29, 0.717) is 19.8 Å². The number of sulfonamides is 1. The Morgan fingerprint density at radius 3 is 2.73 bits per heavy atom. The van der Waals surface area contributed by atoms with Crippen LogP contribution in [0.1, 0.15) is 15.9 Å². The number of amides is 1. The van der Waals surface area contributed by atoms with E-state index >= 15 is 0 Å². The van der Waals surface area contributed by atoms with Crippen molar-refractivity contribution in [1.29, 1.82) is 0 Å². The lowest BCUT2D eigenvalue weighted by atomic mass is 10.2. The smallest absolute Gasteiger partial charge is 0.251 e. The van der Waals surface area contributed by atoms with Crippen LogP contribution >= 0.6 is 0 Å². The Hall–Kier alpha value is -2.49. The van der Waals surface area contributed by atoms with Crippen LogP contribution in [0.4, 0.5) is 5.82 Å². The minimum absolute atomic E-state index is 0.0938. The van der Waals surface area contributed by atoms with Crippen LogP contribution in [0.5, 0.6) is 0 Å². The van der Waals surface area contributed by atoms with Crippen LogP contribution in [0.2, 0.25) is 0 Å². The number of rotatable bonds is 5. The van der Waals surface area contributed by atoms with E-state index in [-0.39, 0.29) is 16.4 Å². The zero-order chi connectivity index (χ0) is 18.6. The summed E-state index contributed by atoms with van der Waals surface area (Å²) in [7, 11) is -3.85. The van der Waals surface area contributed by atoms with Gasteiger partial charge in [-0.05, 0) is 35.9 Å². The van der Waals surface area contributed by atoms with E-state index in [9.17, 15) is 13.2 Å². The van der Waals surface area contributed by atoms with Crippen molar-refractivity contribution < 1.29 is 17.9 Å². The molecule has 0 spiro atoms. The van der Waals surface area contributed by atoms with Crippen LogP contribution in [-0.2, 0) is 21.3 Å². The Labute approximate surface area is 152 Å². The highest BCUT2D eigenvalue weighted by Gasteiger charge is 2.14. The number of carbonyl (C=O) groups excluding carboxylic acids is 1. The van der Waals surface area contributed by atoms with Gasteiger partial charge in [0.25, 0.3) is 5.91 Å². The number of nitrogens with two attached hydrogens (primary N) is 1. The maximum atomic E-state index is 12.3. The third kappa shape index (κ3) is 4.57. The number of nitrogens with one attached hydrogen (secondary N) is 1. The molecular formula is C17H20N4O4S. The summed E-state index contributed by atoms with van der Waals surface area (Å²) in [6.45, 7) is 3.21. The number of benzene rings is 1. The molecule has 1 aliphatic heterocycles. The van der Waals surface area contributed by atoms with Crippen molar-refractivity contribution in [3.8, 4) is 0 Å². The summed E-state index contributed by atoms with van der Waals surface area (Å²) in [6, 6.07) is 9.38. The van der Waals surface area contributed by atoms with Crippen molar-refractivity contribution in [3.63, 3.8) is 0 Å². The van der Waals surface area contributed by atoms with Gasteiger partial charge in [0.15, 0.2) is 0 Å². The van der Waals surface area contributed by atoms with Crippen LogP contribution in [0, 0.1) is 0 Å². The first-order chi connectivity index (χ1) is 12.4. The highest BCUT2D eigenvalue weighted by atomic mass is 32.2. The van der Waals surface area contributed by atoms with Crippen molar-refractivity contribution in [2.75, 3.05) is 31.2 Å². The van der Waals surface area contributed by atoms with Gasteiger partial charge < -0.3 is 15.0 Å². The van der Waals surface area contributed by atoms with Gasteiger partial charge in [0.1, 0.15) is 5.82 Å². The van der Waals surface area contributed by atoms with Gasteiger partial charge in [-0.25, -0.2) is 18.5 Å². The van der Waals surface area contributed by atoms with Crippen molar-refractivity contribution in [1.82, 2.24) is 10.3 Å². The summed E-state index contributed by atoms with van der Waals surface area (Å²) in [5, 5.41) is 7.88. The molecule has 1 aromatic carbocycles. The molecule has 2 heterocycles. The summed E-state index contributed by atoms with van der Waals surface area (Å²) in [4.78, 5) is 18.7. The molecule has 0 bridgehead atoms. The molecule has 1 saturated heterocycles. The predicted molar refractivity (Wildman–Crippen MR) is 96.3 cm³/mol. The molecule has 26 heavy (non-hydrogen) atoms. The monoisotopic (exact) mass is 376 g/mol. The van der Waals surface area contributed by atoms with E-state index in [4.69, 9.17) is 9.88 Å². The van der Waals surface area contributed by atoms with Gasteiger partial charge in [0, 0.05) is 31.4 Å². The molecule has 9 heteroatoms. The number of primary sulfonamides is 1. The Morgan fingerprint density at radius 1 is 1.23 bits per heavy atom. The first-order valence-electron chi connectivity index (χ1n) is 8.12. The van der Waals surface area contributed by atoms with Gasteiger partial charge in [0.2, 0.25) is 10.0 Å². The van der Waals surface area contributed by atoms with Gasteiger partial charge in [-0.2, -0.15) is 0 Å². The van der Waals surface area contributed by atoms with E-state index < -0.39 is 10.0 Å². The summed E-state index contributed by atoms with van der Waals surface area (Å²) in [6.07, 6.45) is 1.70. The highest BCUT2D eigenvalue weighted by Crippen LogP contribution is 2.15. The molecular weight excluding hydrogens is 356 g/mol. The molecule has 0 aliphatic carbocycles. The fraction of sp³-hybridized carbons (Fsp3) is 0.294. The van der Waals surface area contributed by atoms with E-state index in [1.165, 1.54) is 24.3 Å². The molecule has 3 rings (SSSR count). The SMILES string of the molecule is NS(=O)(=O)c1cccc(C(=O)NCc2ccnc(N3CCOCC3)c2)c1. The van der Waals surface area contributed by atoms with E-state index in [2.05, 4.69) is 15.2 Å². The van der Waals surface area contributed by atoms with Gasteiger partial charge in [-0.3, -0.25) is 4.79 Å². The van der Waals surface area contributed by atoms with Gasteiger partial charge >= 0.3 is 0 Å². The minimum atomic E-state index is -3.85. The number of ether oxygens (including phenoxy) is 1. The standard InChI is InChI=1S/C17H20N4O4S/c18-26(23,24)15-3-1-2-14(11-15)17(22)20-12-13-4-5-19-16(10-13)21-6-8-25-9-7-21/h1-5,10-11H,6-9,12H2,(H,20,22)(H2,18,23,24). The third-order valence-corrected chi connectivity index (χ3v) is 4.93. The number of nitrogens with zero attached hydrogens (tertiary/aromatic N) is 2. The molecule has 0 unspecified atom stereocenters. The molecule has 1 aliphatic rings. The molecule has 8 nitrogen and oxygen atoms in total. The first kappa shape index (κ1) is 18.3. The number of aromatic nitrogens is 1. The molecule has 0 radical (unpaired) electrons. The summed E-state index contributed by atoms with van der Waals surface area (Å²) < 4.78 is 28.1. The Kier molecular flexibility index (Phi) is 5.50. The topological polar surface area (TPSA) is 115 Å². The fourth-order valence-electron chi connectivity index (χ4n) is 2.63. The van der Waals surface area contributed by atoms with Crippen LogP contribution in [-0.4, -0.2) is 45.6 Å². The largest absolute Gasteiger partial charge is 0.378 e. The quantitative estimate of drug-likeness (QED) is 0.785. The summed E-state index contributed by atoms with van der Waals surface area (Å²) in [5.74, 6) is 0.469. The number of morpholine rings is 1. The second-order valence-corrected chi connectivity index (χ2v) is 7.44. The van der Waals surface area contributed by atoms with Crippen molar-refractivity contribution in [3.05, 3.63) is 53.7 Å². The number of hydrogen-bond donors (Lipinski definition) is 2. The number of anilines is 1. The second kappa shape index (κ2) is 7.81. The Bertz CT molecular complexity index is 895. The average Bonchev–Trinajstić information content (AvgIpc) is 2.66. The second-order valence-electron chi connectivity index (χ2n) is 5.88. The lowest BCUT2D eigenvalue weighted by Gasteiger charge is -2.28. The van der Waals surface area contributed by atoms with E-state index in [1.54, 1.807) is 6.20 Å². The summed E-state index contributed by atoms with van der Waals surface area (Å²) >= 11 is 0. The van der Waals surface area contributed by atoms with Crippen molar-refractivity contribution >= 4 is 21.7 Å². The van der Waals surface area contributed by atoms with Gasteiger partial charge in [-0.15, -0.1) is 0 Å². The van der Waals surface area contributed by atoms with Crippen LogP contribution < -0.4 is 15.4 Å². The Morgan fingerprint density at radius 2 is 2.00 bits per heavy atom. The molecule has 0 atom stereocenters. The highest BCUT2D eigenvalue weighted by molar-refractivity contribution is 7.89. The third-order valence-electron chi connectivity index (χ3n) is 4.02. The molecule has 138 valence electrons. The Balaban J connectivity index is 1.66. The molecule has 1 amide bonds. The molecule has 2 aromatic rings. The van der Waals surface area contributed by atoms with Crippen molar-refractivity contribution in [2.45, 2.75) is 11.4 Å². The first-order valence-corrected chi connectivity index (χ1v) is 9.67. The molecule has 3 N–H and O–H groups in total. The zero-order valence-electron chi connectivity index (χ0n) is 14.1. The maximum absolute atomic E-state index is 12.3. The van der Waals surface area contributed by atoms with E-state index in [1.807, 2.05) is 12.1 Å². The number of hydrogen-bond acceptors (Lipinski definition) is 6. The van der Waals surface area contributed by atoms with Crippen LogP contribution in [0.25, 0.3) is 0 Å². The molecule has 0 saturated carbocycles. The van der Waals surface area contributed by atoms with Crippen molar-refractivity contribution in [2.24, 2.45) is 5.14 Å². The molecule has 1 fully saturated rings. The molecule has 1 aromatic heterocycles. The maximum Gasteiger partial charge on any atom is 0.251 e. The van der Waals surface area contributed by atoms with Crippen LogP contribution in [0.3, 0.4) is 0 Å². The minimum Gasteiger partial charge on any atom is -0.378 e. The lowest BCUT2D eigenvalue weighted by molar-refractivity contribution is 0.0950. The zero-order valence-corrected chi connectivity index (χ0v) is 14.9. The van der Waals surface area contributed by atoms with Gasteiger partial charge in [-0.1, -0.05) is 6.07 Å². The number of pyridine rings is 1. The summed E-state index contributed by atoms with van der Waals surface area (Å²) in [5.41, 5.74) is 1.14. The van der Waals surface area contributed by atoms with E-state index in [0.717, 1.165) is 24.5 Å². The van der Waals surface area contributed by atoms with Gasteiger partial charge in [0.05, 0.1) is 18.1 Å². The predicted octanol–water partition coefficient (Wildman–Crippen LogP) is 0.496. The number of carbonyl (C=O) groups is 1. The normalized spacial score (nSPS) is 14.9. The lowest BCUT2D eigenvalue weighted by Crippen LogP contribution is -2.36. The average molecular weight is 376 g/mol. The van der Waals surface area contributed by atoms with Crippen LogP contribution in [0.15, 0.2) is 47.5 Å². The fourth-order valence-corrected chi connectivity index (χ4v) is 3.19.